The van der Waals surface area contributed by atoms with Gasteiger partial charge in [-0.3, -0.25) is 14.3 Å². The molecular weight excluding hydrogens is 459 g/mol. The first kappa shape index (κ1) is 23.6. The van der Waals surface area contributed by atoms with Crippen molar-refractivity contribution >= 4 is 23.0 Å². The van der Waals surface area contributed by atoms with E-state index >= 15 is 0 Å². The Kier molecular flexibility index (Phi) is 6.03. The molecule has 4 N–H and O–H groups in total. The fraction of sp³-hybridized carbons (Fsp3) is 0.450. The number of hydrogen-bond acceptors (Lipinski definition) is 7. The van der Waals surface area contributed by atoms with Crippen LogP contribution in [0, 0.1) is 0 Å². The van der Waals surface area contributed by atoms with E-state index in [0.717, 1.165) is 4.90 Å². The van der Waals surface area contributed by atoms with Crippen molar-refractivity contribution in [3.63, 3.8) is 0 Å². The van der Waals surface area contributed by atoms with E-state index in [1.807, 2.05) is 6.92 Å². The van der Waals surface area contributed by atoms with E-state index in [1.54, 1.807) is 17.1 Å². The first-order chi connectivity index (χ1) is 16.0. The molecule has 0 bridgehead atoms. The molecule has 0 saturated carbocycles. The lowest BCUT2D eigenvalue weighted by Crippen LogP contribution is -2.57. The second-order valence-corrected chi connectivity index (χ2v) is 7.97. The monoisotopic (exact) mass is 481 g/mol. The summed E-state index contributed by atoms with van der Waals surface area (Å²) in [5.74, 6) is -1.80. The van der Waals surface area contributed by atoms with Crippen molar-refractivity contribution < 1.29 is 33.0 Å². The molecule has 0 spiro atoms. The van der Waals surface area contributed by atoms with Gasteiger partial charge in [-0.2, -0.15) is 18.3 Å². The number of hydrogen-bond donors (Lipinski definition) is 4. The number of aromatic nitrogens is 5. The Bertz CT molecular complexity index is 1210. The number of amides is 2. The summed E-state index contributed by atoms with van der Waals surface area (Å²) in [4.78, 5) is 37.6. The number of aliphatic hydroxyl groups is 2. The lowest BCUT2D eigenvalue weighted by molar-refractivity contribution is -0.272. The van der Waals surface area contributed by atoms with Crippen LogP contribution in [-0.2, 0) is 11.3 Å². The van der Waals surface area contributed by atoms with Crippen LogP contribution in [0.25, 0.3) is 22.4 Å². The van der Waals surface area contributed by atoms with Crippen molar-refractivity contribution in [3.8, 4) is 11.3 Å². The smallest absolute Gasteiger partial charge is 0.380 e. The molecule has 1 atom stereocenters. The van der Waals surface area contributed by atoms with Gasteiger partial charge in [0.05, 0.1) is 23.7 Å². The number of nitrogens with zero attached hydrogens (tertiary/aromatic N) is 5. The molecule has 0 aliphatic carbocycles. The second-order valence-electron chi connectivity index (χ2n) is 7.97. The van der Waals surface area contributed by atoms with E-state index in [9.17, 15) is 33.0 Å². The molecule has 0 aromatic carbocycles. The van der Waals surface area contributed by atoms with Gasteiger partial charge in [0.2, 0.25) is 6.23 Å². The van der Waals surface area contributed by atoms with Crippen molar-refractivity contribution in [2.45, 2.75) is 44.3 Å². The molecule has 1 aliphatic rings. The molecule has 14 heteroatoms. The van der Waals surface area contributed by atoms with E-state index in [0.29, 0.717) is 23.4 Å². The lowest BCUT2D eigenvalue weighted by atomic mass is 9.91. The summed E-state index contributed by atoms with van der Waals surface area (Å²) in [6.07, 6.45) is -2.06. The molecule has 3 aromatic rings. The van der Waals surface area contributed by atoms with Crippen molar-refractivity contribution in [2.75, 3.05) is 13.1 Å². The SMILES string of the molecule is CCn1cc(-c2cnc3[nH]cc(C(=O)N[C@H](O)C(=O)N4CCC(O)(C(F)(F)F)CC4)c3n2)cn1. The van der Waals surface area contributed by atoms with Crippen LogP contribution in [0.5, 0.6) is 0 Å². The van der Waals surface area contributed by atoms with Crippen LogP contribution in [0.2, 0.25) is 0 Å². The number of nitrogens with one attached hydrogen (secondary N) is 2. The number of aryl methyl sites for hydroxylation is 1. The van der Waals surface area contributed by atoms with Crippen LogP contribution >= 0.6 is 0 Å². The molecule has 3 aromatic heterocycles. The highest BCUT2D eigenvalue weighted by atomic mass is 19.4. The molecular formula is C20H22F3N7O4. The van der Waals surface area contributed by atoms with Crippen molar-refractivity contribution in [1.82, 2.24) is 34.9 Å². The summed E-state index contributed by atoms with van der Waals surface area (Å²) in [6, 6.07) is 0. The highest BCUT2D eigenvalue weighted by Crippen LogP contribution is 2.38. The van der Waals surface area contributed by atoms with Gasteiger partial charge in [-0.1, -0.05) is 0 Å². The Balaban J connectivity index is 1.45. The Hall–Kier alpha value is -3.52. The van der Waals surface area contributed by atoms with Crippen LogP contribution in [0.15, 0.2) is 24.8 Å². The maximum absolute atomic E-state index is 12.9. The van der Waals surface area contributed by atoms with Gasteiger partial charge < -0.3 is 25.4 Å². The van der Waals surface area contributed by atoms with Gasteiger partial charge in [0.1, 0.15) is 5.52 Å². The number of halogens is 3. The summed E-state index contributed by atoms with van der Waals surface area (Å²) < 4.78 is 40.5. The Labute approximate surface area is 190 Å². The molecule has 4 heterocycles. The summed E-state index contributed by atoms with van der Waals surface area (Å²) in [5.41, 5.74) is -1.21. The number of carbonyl (C=O) groups is 2. The van der Waals surface area contributed by atoms with Crippen LogP contribution in [0.1, 0.15) is 30.1 Å². The van der Waals surface area contributed by atoms with Crippen LogP contribution in [0.4, 0.5) is 13.2 Å². The summed E-state index contributed by atoms with van der Waals surface area (Å²) >= 11 is 0. The van der Waals surface area contributed by atoms with Gasteiger partial charge in [-0.25, -0.2) is 9.97 Å². The first-order valence-corrected chi connectivity index (χ1v) is 10.5. The quantitative estimate of drug-likeness (QED) is 0.394. The predicted octanol–water partition coefficient (Wildman–Crippen LogP) is 0.805. The van der Waals surface area contributed by atoms with E-state index in [1.165, 1.54) is 12.4 Å². The number of aromatic amines is 1. The van der Waals surface area contributed by atoms with Gasteiger partial charge in [0, 0.05) is 50.4 Å². The zero-order valence-corrected chi connectivity index (χ0v) is 18.0. The largest absolute Gasteiger partial charge is 0.417 e. The number of piperidine rings is 1. The van der Waals surface area contributed by atoms with Crippen LogP contribution in [0.3, 0.4) is 0 Å². The number of H-pyrrole nitrogens is 1. The molecule has 1 fully saturated rings. The standard InChI is InChI=1S/C20H22F3N7O4/c1-2-30-10-11(7-26-30)13-9-25-15-14(27-13)12(8-24-15)16(31)28-17(32)18(33)29-5-3-19(34,4-6-29)20(21,22)23/h7-10,17,32,34H,2-6H2,1H3,(H,24,25)(H,28,31)/t17-/m1/s1. The molecule has 34 heavy (non-hydrogen) atoms. The topological polar surface area (TPSA) is 149 Å². The molecule has 0 unspecified atom stereocenters. The third-order valence-electron chi connectivity index (χ3n) is 5.81. The zero-order valence-electron chi connectivity index (χ0n) is 18.0. The minimum Gasteiger partial charge on any atom is -0.380 e. The highest BCUT2D eigenvalue weighted by Gasteiger charge is 2.55. The number of rotatable bonds is 5. The Morgan fingerprint density at radius 2 is 2.00 bits per heavy atom. The van der Waals surface area contributed by atoms with Crippen molar-refractivity contribution in [3.05, 3.63) is 30.4 Å². The minimum absolute atomic E-state index is 0.0178. The molecule has 4 rings (SSSR count). The number of fused-ring (bicyclic) bond motifs is 1. The van der Waals surface area contributed by atoms with Crippen LogP contribution < -0.4 is 5.32 Å². The first-order valence-electron chi connectivity index (χ1n) is 10.5. The zero-order chi connectivity index (χ0) is 24.7. The van der Waals surface area contributed by atoms with E-state index in [2.05, 4.69) is 25.4 Å². The van der Waals surface area contributed by atoms with Gasteiger partial charge in [0.25, 0.3) is 11.8 Å². The van der Waals surface area contributed by atoms with Crippen molar-refractivity contribution in [2.24, 2.45) is 0 Å². The summed E-state index contributed by atoms with van der Waals surface area (Å²) in [6.45, 7) is 1.74. The summed E-state index contributed by atoms with van der Waals surface area (Å²) in [7, 11) is 0. The third-order valence-corrected chi connectivity index (χ3v) is 5.81. The molecule has 11 nitrogen and oxygen atoms in total. The van der Waals surface area contributed by atoms with E-state index in [4.69, 9.17) is 0 Å². The third kappa shape index (κ3) is 4.33. The minimum atomic E-state index is -4.82. The van der Waals surface area contributed by atoms with Gasteiger partial charge >= 0.3 is 6.18 Å². The Morgan fingerprint density at radius 1 is 1.29 bits per heavy atom. The number of carbonyl (C=O) groups excluding carboxylic acids is 2. The van der Waals surface area contributed by atoms with Gasteiger partial charge in [0.15, 0.2) is 11.2 Å². The predicted molar refractivity (Wildman–Crippen MR) is 111 cm³/mol. The number of likely N-dealkylation sites (tertiary alicyclic amines) is 1. The molecule has 1 saturated heterocycles. The fourth-order valence-electron chi connectivity index (χ4n) is 3.69. The van der Waals surface area contributed by atoms with Crippen LogP contribution in [-0.4, -0.2) is 82.8 Å². The molecule has 182 valence electrons. The fourth-order valence-corrected chi connectivity index (χ4v) is 3.69. The van der Waals surface area contributed by atoms with E-state index in [-0.39, 0.29) is 11.1 Å². The van der Waals surface area contributed by atoms with E-state index < -0.39 is 55.8 Å². The molecule has 2 amide bonds. The molecule has 1 aliphatic heterocycles. The normalized spacial score (nSPS) is 17.1. The van der Waals surface area contributed by atoms with Gasteiger partial charge in [-0.15, -0.1) is 0 Å². The maximum Gasteiger partial charge on any atom is 0.417 e. The lowest BCUT2D eigenvalue weighted by Gasteiger charge is -2.39. The average molecular weight is 481 g/mol. The highest BCUT2D eigenvalue weighted by molar-refractivity contribution is 6.06. The molecule has 0 radical (unpaired) electrons. The summed E-state index contributed by atoms with van der Waals surface area (Å²) in [5, 5.41) is 26.2. The van der Waals surface area contributed by atoms with Crippen molar-refractivity contribution in [1.29, 1.82) is 0 Å². The average Bonchev–Trinajstić information content (AvgIpc) is 3.45. The van der Waals surface area contributed by atoms with Gasteiger partial charge in [-0.05, 0) is 6.92 Å². The Morgan fingerprint density at radius 3 is 2.62 bits per heavy atom. The number of aliphatic hydroxyl groups excluding tert-OH is 1. The number of alkyl halides is 3. The second kappa shape index (κ2) is 8.68. The maximum atomic E-state index is 12.9.